The Balaban J connectivity index is 1.69. The van der Waals surface area contributed by atoms with Crippen LogP contribution in [0.4, 0.5) is 13.2 Å². The number of benzene rings is 1. The van der Waals surface area contributed by atoms with Gasteiger partial charge in [0.1, 0.15) is 5.69 Å². The summed E-state index contributed by atoms with van der Waals surface area (Å²) in [6, 6.07) is 6.57. The van der Waals surface area contributed by atoms with Crippen molar-refractivity contribution in [3.05, 3.63) is 51.8 Å². The molecule has 1 aliphatic heterocycles. The lowest BCUT2D eigenvalue weighted by molar-refractivity contribution is -0.144. The quantitative estimate of drug-likeness (QED) is 0.835. The molecule has 0 spiro atoms. The van der Waals surface area contributed by atoms with Crippen molar-refractivity contribution < 1.29 is 13.2 Å². The molecular formula is C17H16Cl2F3N3. The summed E-state index contributed by atoms with van der Waals surface area (Å²) in [5, 5.41) is 8.21. The minimum atomic E-state index is -4.41. The highest BCUT2D eigenvalue weighted by Gasteiger charge is 2.68. The minimum Gasteiger partial charge on any atom is -0.316 e. The number of nitrogens with one attached hydrogen (secondary N) is 1. The highest BCUT2D eigenvalue weighted by Crippen LogP contribution is 2.68. The highest BCUT2D eigenvalue weighted by molar-refractivity contribution is 6.42. The first kappa shape index (κ1) is 17.2. The molecule has 2 heterocycles. The molecule has 0 radical (unpaired) electrons. The van der Waals surface area contributed by atoms with Crippen molar-refractivity contribution in [2.45, 2.75) is 31.0 Å². The maximum Gasteiger partial charge on any atom is 0.433 e. The average Bonchev–Trinajstić information content (AvgIpc) is 2.99. The maximum absolute atomic E-state index is 13.2. The molecule has 1 N–H and O–H groups in total. The predicted octanol–water partition coefficient (Wildman–Crippen LogP) is 4.53. The van der Waals surface area contributed by atoms with Crippen LogP contribution in [0.2, 0.25) is 10.0 Å². The Labute approximate surface area is 153 Å². The Morgan fingerprint density at radius 3 is 2.72 bits per heavy atom. The third kappa shape index (κ3) is 2.66. The first-order valence-electron chi connectivity index (χ1n) is 8.03. The molecule has 1 saturated carbocycles. The molecule has 134 valence electrons. The second kappa shape index (κ2) is 5.63. The normalized spacial score (nSPS) is 28.7. The monoisotopic (exact) mass is 389 g/mol. The molecule has 2 fully saturated rings. The van der Waals surface area contributed by atoms with Crippen LogP contribution in [0.15, 0.2) is 30.5 Å². The van der Waals surface area contributed by atoms with Crippen molar-refractivity contribution in [1.29, 1.82) is 0 Å². The summed E-state index contributed by atoms with van der Waals surface area (Å²) < 4.78 is 40.6. The molecule has 2 aliphatic rings. The largest absolute Gasteiger partial charge is 0.433 e. The van der Waals surface area contributed by atoms with Crippen LogP contribution in [0.1, 0.15) is 24.1 Å². The third-order valence-corrected chi connectivity index (χ3v) is 6.39. The van der Waals surface area contributed by atoms with Gasteiger partial charge in [-0.3, -0.25) is 4.68 Å². The van der Waals surface area contributed by atoms with E-state index < -0.39 is 11.9 Å². The number of rotatable bonds is 3. The van der Waals surface area contributed by atoms with E-state index in [4.69, 9.17) is 23.2 Å². The summed E-state index contributed by atoms with van der Waals surface area (Å²) in [6.07, 6.45) is -1.54. The van der Waals surface area contributed by atoms with Gasteiger partial charge in [0.05, 0.1) is 10.0 Å². The van der Waals surface area contributed by atoms with E-state index in [1.807, 2.05) is 12.1 Å². The summed E-state index contributed by atoms with van der Waals surface area (Å²) in [5.74, 6) is 0. The Kier molecular flexibility index (Phi) is 3.87. The smallest absolute Gasteiger partial charge is 0.316 e. The van der Waals surface area contributed by atoms with Crippen LogP contribution in [0, 0.1) is 5.41 Å². The van der Waals surface area contributed by atoms with Gasteiger partial charge in [0.2, 0.25) is 0 Å². The minimum absolute atomic E-state index is 0.179. The van der Waals surface area contributed by atoms with Gasteiger partial charge in [0.25, 0.3) is 0 Å². The second-order valence-corrected chi connectivity index (χ2v) is 7.78. The van der Waals surface area contributed by atoms with E-state index in [1.165, 1.54) is 6.20 Å². The number of aromatic nitrogens is 2. The van der Waals surface area contributed by atoms with E-state index >= 15 is 0 Å². The maximum atomic E-state index is 13.2. The van der Waals surface area contributed by atoms with E-state index in [2.05, 4.69) is 10.4 Å². The molecule has 4 rings (SSSR count). The molecule has 1 aliphatic carbocycles. The number of piperidine rings is 1. The molecule has 2 unspecified atom stereocenters. The lowest BCUT2D eigenvalue weighted by atomic mass is 9.81. The summed E-state index contributed by atoms with van der Waals surface area (Å²) in [5.41, 5.74) is -0.137. The zero-order valence-corrected chi connectivity index (χ0v) is 14.7. The second-order valence-electron chi connectivity index (χ2n) is 6.97. The van der Waals surface area contributed by atoms with Gasteiger partial charge < -0.3 is 5.32 Å². The van der Waals surface area contributed by atoms with Crippen molar-refractivity contribution >= 4 is 23.2 Å². The molecule has 1 aromatic carbocycles. The molecule has 3 nitrogen and oxygen atoms in total. The topological polar surface area (TPSA) is 29.9 Å². The zero-order valence-electron chi connectivity index (χ0n) is 13.2. The molecular weight excluding hydrogens is 374 g/mol. The molecule has 1 saturated heterocycles. The van der Waals surface area contributed by atoms with Crippen molar-refractivity contribution in [3.63, 3.8) is 0 Å². The van der Waals surface area contributed by atoms with Crippen molar-refractivity contribution in [3.8, 4) is 0 Å². The molecule has 1 aromatic heterocycles. The van der Waals surface area contributed by atoms with E-state index in [9.17, 15) is 13.2 Å². The van der Waals surface area contributed by atoms with Crippen LogP contribution in [0.5, 0.6) is 0 Å². The van der Waals surface area contributed by atoms with Crippen LogP contribution in [-0.4, -0.2) is 22.9 Å². The van der Waals surface area contributed by atoms with Crippen LogP contribution < -0.4 is 5.32 Å². The van der Waals surface area contributed by atoms with Crippen molar-refractivity contribution in [2.24, 2.45) is 5.41 Å². The van der Waals surface area contributed by atoms with Gasteiger partial charge in [-0.05, 0) is 43.1 Å². The van der Waals surface area contributed by atoms with Crippen LogP contribution in [-0.2, 0) is 18.1 Å². The number of halogens is 5. The fourth-order valence-corrected chi connectivity index (χ4v) is 4.64. The fraction of sp³-hybridized carbons (Fsp3) is 0.471. The van der Waals surface area contributed by atoms with E-state index in [0.29, 0.717) is 16.6 Å². The standard InChI is InChI=1S/C17H16Cl2F3N3/c18-12-2-1-11(7-13(12)19)16-4-6-23-9-15(16,8-16)10-25-14(3-5-24-25)17(20,21)22/h1-3,5,7,23H,4,6,8-10H2. The van der Waals surface area contributed by atoms with Gasteiger partial charge in [-0.25, -0.2) is 0 Å². The summed E-state index contributed by atoms with van der Waals surface area (Å²) >= 11 is 12.2. The molecule has 0 bridgehead atoms. The summed E-state index contributed by atoms with van der Waals surface area (Å²) in [6.45, 7) is 1.71. The number of fused-ring (bicyclic) bond motifs is 1. The lowest BCUT2D eigenvalue weighted by Gasteiger charge is -2.32. The van der Waals surface area contributed by atoms with Crippen LogP contribution in [0.25, 0.3) is 0 Å². The number of nitrogens with zero attached hydrogens (tertiary/aromatic N) is 2. The van der Waals surface area contributed by atoms with Gasteiger partial charge in [-0.1, -0.05) is 29.3 Å². The predicted molar refractivity (Wildman–Crippen MR) is 89.9 cm³/mol. The van der Waals surface area contributed by atoms with E-state index in [1.54, 1.807) is 6.07 Å². The van der Waals surface area contributed by atoms with Gasteiger partial charge in [0, 0.05) is 30.1 Å². The molecule has 0 amide bonds. The van der Waals surface area contributed by atoms with Gasteiger partial charge >= 0.3 is 6.18 Å². The average molecular weight is 390 g/mol. The SMILES string of the molecule is FC(F)(F)c1ccnn1CC12CNCCC1(c1ccc(Cl)c(Cl)c1)C2. The van der Waals surface area contributed by atoms with E-state index in [-0.39, 0.29) is 17.4 Å². The summed E-state index contributed by atoms with van der Waals surface area (Å²) in [7, 11) is 0. The molecule has 8 heteroatoms. The number of alkyl halides is 3. The Morgan fingerprint density at radius 2 is 2.00 bits per heavy atom. The third-order valence-electron chi connectivity index (χ3n) is 5.65. The Hall–Kier alpha value is -1.24. The zero-order chi connectivity index (χ0) is 17.9. The number of hydrogen-bond acceptors (Lipinski definition) is 2. The molecule has 25 heavy (non-hydrogen) atoms. The fourth-order valence-electron chi connectivity index (χ4n) is 4.34. The van der Waals surface area contributed by atoms with Gasteiger partial charge in [-0.15, -0.1) is 0 Å². The van der Waals surface area contributed by atoms with Crippen LogP contribution in [0.3, 0.4) is 0 Å². The Bertz CT molecular complexity index is 820. The Morgan fingerprint density at radius 1 is 1.20 bits per heavy atom. The van der Waals surface area contributed by atoms with Crippen molar-refractivity contribution in [2.75, 3.05) is 13.1 Å². The molecule has 2 atom stereocenters. The first-order valence-corrected chi connectivity index (χ1v) is 8.78. The van der Waals surface area contributed by atoms with Crippen LogP contribution >= 0.6 is 23.2 Å². The van der Waals surface area contributed by atoms with Gasteiger partial charge in [-0.2, -0.15) is 18.3 Å². The molecule has 2 aromatic rings. The lowest BCUT2D eigenvalue weighted by Crippen LogP contribution is -2.41. The summed E-state index contributed by atoms with van der Waals surface area (Å²) in [4.78, 5) is 0. The first-order chi connectivity index (χ1) is 11.8. The highest BCUT2D eigenvalue weighted by atomic mass is 35.5. The number of hydrogen-bond donors (Lipinski definition) is 1. The van der Waals surface area contributed by atoms with Gasteiger partial charge in [0.15, 0.2) is 0 Å². The van der Waals surface area contributed by atoms with Crippen molar-refractivity contribution in [1.82, 2.24) is 15.1 Å². The van der Waals surface area contributed by atoms with E-state index in [0.717, 1.165) is 35.7 Å².